The summed E-state index contributed by atoms with van der Waals surface area (Å²) >= 11 is 4.28. The van der Waals surface area contributed by atoms with Gasteiger partial charge >= 0.3 is 0 Å². The molecule has 2 aliphatic rings. The molecule has 2 nitrogen and oxygen atoms in total. The van der Waals surface area contributed by atoms with Gasteiger partial charge in [0.1, 0.15) is 0 Å². The van der Waals surface area contributed by atoms with Crippen molar-refractivity contribution in [3.63, 3.8) is 0 Å². The van der Waals surface area contributed by atoms with Gasteiger partial charge in [0.2, 0.25) is 0 Å². The van der Waals surface area contributed by atoms with E-state index in [0.29, 0.717) is 13.2 Å². The molecule has 1 aromatic rings. The highest BCUT2D eigenvalue weighted by Crippen LogP contribution is 2.45. The Kier molecular flexibility index (Phi) is 1.51. The van der Waals surface area contributed by atoms with Crippen molar-refractivity contribution in [3.05, 3.63) is 29.3 Å². The van der Waals surface area contributed by atoms with Crippen LogP contribution in [0.3, 0.4) is 0 Å². The van der Waals surface area contributed by atoms with Gasteiger partial charge in [-0.25, -0.2) is 0 Å². The van der Waals surface area contributed by atoms with Crippen LogP contribution in [0.5, 0.6) is 0 Å². The van der Waals surface area contributed by atoms with Gasteiger partial charge in [-0.1, -0.05) is 6.07 Å². The van der Waals surface area contributed by atoms with E-state index in [1.54, 1.807) is 0 Å². The molecule has 1 heterocycles. The quantitative estimate of drug-likeness (QED) is 0.634. The van der Waals surface area contributed by atoms with Crippen LogP contribution >= 0.6 is 12.6 Å². The topological polar surface area (TPSA) is 18.5 Å². The molecule has 0 aromatic heterocycles. The summed E-state index contributed by atoms with van der Waals surface area (Å²) in [7, 11) is 0. The fraction of sp³-hybridized carbons (Fsp3) is 0.400. The smallest absolute Gasteiger partial charge is 0.199 e. The summed E-state index contributed by atoms with van der Waals surface area (Å²) in [5, 5.41) is 0. The van der Waals surface area contributed by atoms with E-state index in [-0.39, 0.29) is 0 Å². The summed E-state index contributed by atoms with van der Waals surface area (Å²) in [5.74, 6) is -0.392. The number of thiol groups is 1. The Labute approximate surface area is 82.3 Å². The fourth-order valence-electron chi connectivity index (χ4n) is 2.05. The van der Waals surface area contributed by atoms with E-state index in [1.807, 2.05) is 12.1 Å². The van der Waals surface area contributed by atoms with Crippen molar-refractivity contribution in [1.29, 1.82) is 0 Å². The maximum atomic E-state index is 5.60. The van der Waals surface area contributed by atoms with Crippen LogP contribution in [0, 0.1) is 0 Å². The number of rotatable bonds is 0. The molecule has 0 amide bonds. The molecular weight excluding hydrogens is 184 g/mol. The first-order valence-corrected chi connectivity index (χ1v) is 4.85. The number of hydrogen-bond donors (Lipinski definition) is 1. The lowest BCUT2D eigenvalue weighted by molar-refractivity contribution is -0.182. The molecule has 0 unspecified atom stereocenters. The molecule has 0 radical (unpaired) electrons. The average molecular weight is 194 g/mol. The molecule has 1 saturated heterocycles. The Morgan fingerprint density at radius 2 is 2.00 bits per heavy atom. The molecule has 0 saturated carbocycles. The second kappa shape index (κ2) is 2.50. The minimum atomic E-state index is -0.392. The van der Waals surface area contributed by atoms with Gasteiger partial charge in [0.15, 0.2) is 5.79 Å². The zero-order chi connectivity index (χ0) is 8.89. The van der Waals surface area contributed by atoms with Crippen LogP contribution in [0.25, 0.3) is 0 Å². The van der Waals surface area contributed by atoms with Crippen molar-refractivity contribution in [2.24, 2.45) is 0 Å². The Balaban J connectivity index is 2.04. The second-order valence-electron chi connectivity index (χ2n) is 3.47. The molecular formula is C10H10O2S. The summed E-state index contributed by atoms with van der Waals surface area (Å²) in [6, 6.07) is 6.11. The molecule has 1 aliphatic carbocycles. The zero-order valence-electron chi connectivity index (χ0n) is 7.12. The third-order valence-corrected chi connectivity index (χ3v) is 2.95. The number of benzene rings is 1. The van der Waals surface area contributed by atoms with Crippen molar-refractivity contribution in [3.8, 4) is 0 Å². The highest BCUT2D eigenvalue weighted by molar-refractivity contribution is 7.80. The lowest BCUT2D eigenvalue weighted by Gasteiger charge is -2.38. The van der Waals surface area contributed by atoms with Gasteiger partial charge in [0.05, 0.1) is 13.2 Å². The summed E-state index contributed by atoms with van der Waals surface area (Å²) in [6.07, 6.45) is 0.872. The number of fused-ring (bicyclic) bond motifs is 2. The Morgan fingerprint density at radius 3 is 2.69 bits per heavy atom. The van der Waals surface area contributed by atoms with Crippen molar-refractivity contribution in [1.82, 2.24) is 0 Å². The van der Waals surface area contributed by atoms with Crippen LogP contribution in [0.4, 0.5) is 0 Å². The van der Waals surface area contributed by atoms with E-state index in [1.165, 1.54) is 11.1 Å². The first-order chi connectivity index (χ1) is 6.30. The van der Waals surface area contributed by atoms with Gasteiger partial charge in [0.25, 0.3) is 0 Å². The van der Waals surface area contributed by atoms with E-state index in [0.717, 1.165) is 11.3 Å². The Hall–Kier alpha value is -0.510. The highest BCUT2D eigenvalue weighted by atomic mass is 32.1. The van der Waals surface area contributed by atoms with E-state index < -0.39 is 5.79 Å². The molecule has 1 aromatic carbocycles. The molecule has 0 atom stereocenters. The third kappa shape index (κ3) is 0.980. The third-order valence-electron chi connectivity index (χ3n) is 2.68. The van der Waals surface area contributed by atoms with E-state index in [4.69, 9.17) is 9.47 Å². The lowest BCUT2D eigenvalue weighted by Crippen LogP contribution is -2.39. The Morgan fingerprint density at radius 1 is 1.23 bits per heavy atom. The van der Waals surface area contributed by atoms with Crippen LogP contribution in [0.1, 0.15) is 11.1 Å². The predicted octanol–water partition coefficient (Wildman–Crippen LogP) is 1.73. The van der Waals surface area contributed by atoms with Crippen LogP contribution in [0.2, 0.25) is 0 Å². The molecule has 0 N–H and O–H groups in total. The summed E-state index contributed by atoms with van der Waals surface area (Å²) in [5.41, 5.74) is 2.48. The first-order valence-electron chi connectivity index (χ1n) is 4.40. The van der Waals surface area contributed by atoms with Gasteiger partial charge < -0.3 is 9.47 Å². The standard InChI is InChI=1S/C10H10O2S/c13-8-1-2-9-7(5-8)6-10(9)11-3-4-12-10/h1-2,5,13H,3-4,6H2. The van der Waals surface area contributed by atoms with Crippen molar-refractivity contribution in [2.45, 2.75) is 17.1 Å². The Bertz CT molecular complexity index is 356. The predicted molar refractivity (Wildman–Crippen MR) is 51.0 cm³/mol. The van der Waals surface area contributed by atoms with Crippen molar-refractivity contribution in [2.75, 3.05) is 13.2 Å². The normalized spacial score (nSPS) is 22.8. The lowest BCUT2D eigenvalue weighted by atomic mass is 9.82. The zero-order valence-corrected chi connectivity index (χ0v) is 8.01. The van der Waals surface area contributed by atoms with Crippen LogP contribution < -0.4 is 0 Å². The molecule has 1 spiro atoms. The molecule has 13 heavy (non-hydrogen) atoms. The largest absolute Gasteiger partial charge is 0.343 e. The summed E-state index contributed by atoms with van der Waals surface area (Å²) in [6.45, 7) is 1.42. The minimum absolute atomic E-state index is 0.392. The number of hydrogen-bond acceptors (Lipinski definition) is 3. The van der Waals surface area contributed by atoms with Gasteiger partial charge in [-0.05, 0) is 17.7 Å². The molecule has 0 bridgehead atoms. The summed E-state index contributed by atoms with van der Waals surface area (Å²) in [4.78, 5) is 1.01. The number of ether oxygens (including phenoxy) is 2. The summed E-state index contributed by atoms with van der Waals surface area (Å²) < 4.78 is 11.2. The van der Waals surface area contributed by atoms with E-state index >= 15 is 0 Å². The molecule has 3 heteroatoms. The van der Waals surface area contributed by atoms with Crippen LogP contribution in [-0.2, 0) is 21.7 Å². The molecule has 68 valence electrons. The van der Waals surface area contributed by atoms with Gasteiger partial charge in [-0.2, -0.15) is 0 Å². The van der Waals surface area contributed by atoms with Gasteiger partial charge in [-0.3, -0.25) is 0 Å². The maximum Gasteiger partial charge on any atom is 0.199 e. The van der Waals surface area contributed by atoms with Gasteiger partial charge in [0, 0.05) is 16.9 Å². The molecule has 1 fully saturated rings. The van der Waals surface area contributed by atoms with Gasteiger partial charge in [-0.15, -0.1) is 12.6 Å². The molecule has 1 aliphatic heterocycles. The second-order valence-corrected chi connectivity index (χ2v) is 3.98. The van der Waals surface area contributed by atoms with Crippen LogP contribution in [0.15, 0.2) is 23.1 Å². The first kappa shape index (κ1) is 7.85. The van der Waals surface area contributed by atoms with Crippen LogP contribution in [-0.4, -0.2) is 13.2 Å². The average Bonchev–Trinajstić information content (AvgIpc) is 2.53. The molecule has 3 rings (SSSR count). The van der Waals surface area contributed by atoms with Crippen molar-refractivity contribution >= 4 is 12.6 Å². The maximum absolute atomic E-state index is 5.60. The highest BCUT2D eigenvalue weighted by Gasteiger charge is 2.47. The fourth-order valence-corrected chi connectivity index (χ4v) is 2.28. The van der Waals surface area contributed by atoms with Crippen molar-refractivity contribution < 1.29 is 9.47 Å². The van der Waals surface area contributed by atoms with E-state index in [9.17, 15) is 0 Å². The van der Waals surface area contributed by atoms with E-state index in [2.05, 4.69) is 18.7 Å². The monoisotopic (exact) mass is 194 g/mol. The SMILES string of the molecule is Sc1ccc2c(c1)CC21OCCO1. The minimum Gasteiger partial charge on any atom is -0.343 e.